The Morgan fingerprint density at radius 2 is 0.903 bits per heavy atom. The van der Waals surface area contributed by atoms with Crippen molar-refractivity contribution in [2.75, 3.05) is 19.8 Å². The standard InChI is InChI=1S/C49H91O12P/c1-3-5-7-9-11-13-15-17-19-21-23-25-27-29-31-33-35-37-39-58-40-42(41-59-62(56,57)61-49-47(54)45(52)44(51)46(53)48(49)55)60-43(50)38-36-34-32-30-28-26-24-22-20-18-16-14-12-10-8-6-4-2/h11,13,17-20,42,44-49,51-55H,3-10,12,14-16,21-41H2,1-2H3,(H,56,57)/b13-11-,19-17-,20-18-. The molecule has 0 aliphatic heterocycles. The maximum atomic E-state index is 12.8. The van der Waals surface area contributed by atoms with E-state index in [0.717, 1.165) is 64.2 Å². The third kappa shape index (κ3) is 31.4. The summed E-state index contributed by atoms with van der Waals surface area (Å²) < 4.78 is 34.2. The van der Waals surface area contributed by atoms with E-state index in [1.165, 1.54) is 116 Å². The summed E-state index contributed by atoms with van der Waals surface area (Å²) in [5, 5.41) is 50.2. The van der Waals surface area contributed by atoms with E-state index in [4.69, 9.17) is 18.5 Å². The highest BCUT2D eigenvalue weighted by Gasteiger charge is 2.51. The molecule has 0 aromatic carbocycles. The van der Waals surface area contributed by atoms with Gasteiger partial charge in [0.15, 0.2) is 0 Å². The molecule has 0 amide bonds. The number of ether oxygens (including phenoxy) is 2. The Kier molecular flexibility index (Phi) is 37.7. The van der Waals surface area contributed by atoms with Gasteiger partial charge < -0.3 is 39.9 Å². The highest BCUT2D eigenvalue weighted by Crippen LogP contribution is 2.47. The second kappa shape index (κ2) is 39.9. The molecule has 6 N–H and O–H groups in total. The van der Waals surface area contributed by atoms with E-state index < -0.39 is 63.1 Å². The molecule has 13 heteroatoms. The number of aliphatic hydroxyl groups is 5. The van der Waals surface area contributed by atoms with Gasteiger partial charge in [-0.25, -0.2) is 4.57 Å². The van der Waals surface area contributed by atoms with Gasteiger partial charge in [-0.3, -0.25) is 13.8 Å². The van der Waals surface area contributed by atoms with Crippen molar-refractivity contribution in [3.63, 3.8) is 0 Å². The number of esters is 1. The minimum Gasteiger partial charge on any atom is -0.457 e. The summed E-state index contributed by atoms with van der Waals surface area (Å²) in [5.74, 6) is -0.483. The number of rotatable bonds is 42. The molecule has 12 nitrogen and oxygen atoms in total. The quantitative estimate of drug-likeness (QED) is 0.0147. The van der Waals surface area contributed by atoms with Gasteiger partial charge in [-0.15, -0.1) is 0 Å². The maximum absolute atomic E-state index is 12.8. The largest absolute Gasteiger partial charge is 0.472 e. The number of hydrogen-bond acceptors (Lipinski definition) is 11. The fourth-order valence-corrected chi connectivity index (χ4v) is 8.47. The second-order valence-corrected chi connectivity index (χ2v) is 18.7. The molecule has 6 unspecified atom stereocenters. The molecule has 1 saturated carbocycles. The molecule has 0 spiro atoms. The van der Waals surface area contributed by atoms with Gasteiger partial charge in [0.2, 0.25) is 0 Å². The molecule has 1 rings (SSSR count). The van der Waals surface area contributed by atoms with Crippen molar-refractivity contribution in [2.45, 2.75) is 249 Å². The summed E-state index contributed by atoms with van der Waals surface area (Å²) in [7, 11) is -5.02. The molecule has 0 aromatic rings. The number of phosphoric ester groups is 1. The van der Waals surface area contributed by atoms with Crippen LogP contribution in [0.5, 0.6) is 0 Å². The van der Waals surface area contributed by atoms with E-state index in [1.54, 1.807) is 0 Å². The monoisotopic (exact) mass is 903 g/mol. The molecule has 1 aliphatic carbocycles. The van der Waals surface area contributed by atoms with Crippen LogP contribution in [-0.4, -0.2) is 98.9 Å². The fourth-order valence-electron chi connectivity index (χ4n) is 7.50. The van der Waals surface area contributed by atoms with Gasteiger partial charge in [0, 0.05) is 13.0 Å². The Hall–Kier alpha value is -1.44. The van der Waals surface area contributed by atoms with Crippen molar-refractivity contribution < 1.29 is 58.3 Å². The third-order valence-electron chi connectivity index (χ3n) is 11.5. The molecule has 1 fully saturated rings. The predicted octanol–water partition coefficient (Wildman–Crippen LogP) is 10.6. The van der Waals surface area contributed by atoms with Gasteiger partial charge in [0.1, 0.15) is 42.7 Å². The summed E-state index contributed by atoms with van der Waals surface area (Å²) in [6.45, 7) is 4.23. The van der Waals surface area contributed by atoms with Crippen LogP contribution in [0.4, 0.5) is 0 Å². The second-order valence-electron chi connectivity index (χ2n) is 17.3. The van der Waals surface area contributed by atoms with E-state index in [9.17, 15) is 39.8 Å². The van der Waals surface area contributed by atoms with Gasteiger partial charge in [-0.2, -0.15) is 0 Å². The lowest BCUT2D eigenvalue weighted by molar-refractivity contribution is -0.220. The van der Waals surface area contributed by atoms with Crippen molar-refractivity contribution in [1.82, 2.24) is 0 Å². The zero-order valence-corrected chi connectivity index (χ0v) is 39.8. The lowest BCUT2D eigenvalue weighted by Gasteiger charge is -2.41. The summed E-state index contributed by atoms with van der Waals surface area (Å²) in [6.07, 6.45) is 34.9. The molecular weight excluding hydrogens is 812 g/mol. The van der Waals surface area contributed by atoms with Crippen LogP contribution in [0.2, 0.25) is 0 Å². The van der Waals surface area contributed by atoms with E-state index in [0.29, 0.717) is 13.0 Å². The Labute approximate surface area is 376 Å². The van der Waals surface area contributed by atoms with Crippen LogP contribution in [0.1, 0.15) is 206 Å². The zero-order chi connectivity index (χ0) is 45.5. The van der Waals surface area contributed by atoms with Crippen molar-refractivity contribution in [1.29, 1.82) is 0 Å². The molecule has 0 saturated heterocycles. The summed E-state index contributed by atoms with van der Waals surface area (Å²) in [4.78, 5) is 23.2. The molecule has 0 heterocycles. The van der Waals surface area contributed by atoms with Crippen molar-refractivity contribution in [3.8, 4) is 0 Å². The minimum atomic E-state index is -5.02. The molecule has 364 valence electrons. The average Bonchev–Trinajstić information content (AvgIpc) is 3.26. The van der Waals surface area contributed by atoms with E-state index in [1.807, 2.05) is 0 Å². The Morgan fingerprint density at radius 1 is 0.516 bits per heavy atom. The maximum Gasteiger partial charge on any atom is 0.472 e. The van der Waals surface area contributed by atoms with Gasteiger partial charge in [0.05, 0.1) is 13.2 Å². The fraction of sp³-hybridized carbons (Fsp3) is 0.857. The first kappa shape index (κ1) is 58.6. The van der Waals surface area contributed by atoms with Gasteiger partial charge >= 0.3 is 13.8 Å². The van der Waals surface area contributed by atoms with E-state index >= 15 is 0 Å². The highest BCUT2D eigenvalue weighted by molar-refractivity contribution is 7.47. The normalized spacial score (nSPS) is 22.3. The molecule has 62 heavy (non-hydrogen) atoms. The number of hydrogen-bond donors (Lipinski definition) is 6. The molecule has 0 bridgehead atoms. The Balaban J connectivity index is 2.37. The molecule has 1 aliphatic rings. The van der Waals surface area contributed by atoms with Crippen LogP contribution in [-0.2, 0) is 27.9 Å². The van der Waals surface area contributed by atoms with Crippen molar-refractivity contribution in [2.24, 2.45) is 0 Å². The van der Waals surface area contributed by atoms with Crippen LogP contribution in [0.3, 0.4) is 0 Å². The first-order valence-electron chi connectivity index (χ1n) is 24.8. The lowest BCUT2D eigenvalue weighted by Crippen LogP contribution is -2.64. The van der Waals surface area contributed by atoms with Crippen molar-refractivity contribution >= 4 is 13.8 Å². The molecular formula is C49H91O12P. The smallest absolute Gasteiger partial charge is 0.457 e. The molecule has 6 atom stereocenters. The van der Waals surface area contributed by atoms with E-state index in [-0.39, 0.29) is 13.0 Å². The van der Waals surface area contributed by atoms with E-state index in [2.05, 4.69) is 50.3 Å². The van der Waals surface area contributed by atoms with Crippen LogP contribution < -0.4 is 0 Å². The van der Waals surface area contributed by atoms with Crippen LogP contribution in [0, 0.1) is 0 Å². The number of allylic oxidation sites excluding steroid dienone is 6. The molecule has 0 radical (unpaired) electrons. The number of carbonyl (C=O) groups is 1. The third-order valence-corrected chi connectivity index (χ3v) is 12.5. The zero-order valence-electron chi connectivity index (χ0n) is 38.9. The van der Waals surface area contributed by atoms with Gasteiger partial charge in [0.25, 0.3) is 0 Å². The number of unbranched alkanes of at least 4 members (excludes halogenated alkanes) is 24. The van der Waals surface area contributed by atoms with Crippen LogP contribution in [0.15, 0.2) is 36.5 Å². The summed E-state index contributed by atoms with van der Waals surface area (Å²) >= 11 is 0. The topological polar surface area (TPSA) is 192 Å². The average molecular weight is 903 g/mol. The van der Waals surface area contributed by atoms with Crippen LogP contribution in [0.25, 0.3) is 0 Å². The number of phosphoric acid groups is 1. The first-order valence-corrected chi connectivity index (χ1v) is 26.3. The van der Waals surface area contributed by atoms with Gasteiger partial charge in [-0.1, -0.05) is 166 Å². The summed E-state index contributed by atoms with van der Waals surface area (Å²) in [6, 6.07) is 0. The van der Waals surface area contributed by atoms with Gasteiger partial charge in [-0.05, 0) is 70.6 Å². The minimum absolute atomic E-state index is 0.0814. The Bertz CT molecular complexity index is 1170. The molecule has 0 aromatic heterocycles. The van der Waals surface area contributed by atoms with Crippen molar-refractivity contribution in [3.05, 3.63) is 36.5 Å². The number of aliphatic hydroxyl groups excluding tert-OH is 5. The Morgan fingerprint density at radius 3 is 1.40 bits per heavy atom. The summed E-state index contributed by atoms with van der Waals surface area (Å²) in [5.41, 5.74) is 0. The first-order chi connectivity index (χ1) is 30.0. The van der Waals surface area contributed by atoms with Crippen LogP contribution >= 0.6 is 7.82 Å². The SMILES string of the molecule is CCCCC/C=C\C/C=C\CCCCCCCCCCOCC(COP(=O)(O)OC1C(O)C(O)C(O)C(O)C1O)OC(=O)CCCCCCCCC/C=C\CCCCCCCC. The number of carbonyl (C=O) groups excluding carboxylic acids is 1. The predicted molar refractivity (Wildman–Crippen MR) is 249 cm³/mol. The highest BCUT2D eigenvalue weighted by atomic mass is 31.2. The lowest BCUT2D eigenvalue weighted by atomic mass is 9.85.